The molecule has 19 heavy (non-hydrogen) atoms. The molecule has 1 aliphatic heterocycles. The third-order valence-electron chi connectivity index (χ3n) is 2.83. The molecule has 2 rings (SSSR count). The highest BCUT2D eigenvalue weighted by atomic mass is 16.6. The van der Waals surface area contributed by atoms with Gasteiger partial charge in [0.25, 0.3) is 5.54 Å². The SMILES string of the molecule is COC(=O)[C@@]1(C)N=C(c2ccc(OC)cc2)OC1=O. The Morgan fingerprint density at radius 1 is 1.26 bits per heavy atom. The van der Waals surface area contributed by atoms with Crippen molar-refractivity contribution in [2.24, 2.45) is 4.99 Å². The molecule has 0 amide bonds. The second kappa shape index (κ2) is 4.72. The number of rotatable bonds is 3. The summed E-state index contributed by atoms with van der Waals surface area (Å²) >= 11 is 0. The van der Waals surface area contributed by atoms with Gasteiger partial charge in [-0.3, -0.25) is 0 Å². The smallest absolute Gasteiger partial charge is 0.352 e. The van der Waals surface area contributed by atoms with E-state index < -0.39 is 17.5 Å². The molecule has 1 atom stereocenters. The number of methoxy groups -OCH3 is 2. The normalized spacial score (nSPS) is 21.6. The first-order valence-corrected chi connectivity index (χ1v) is 5.56. The first-order valence-electron chi connectivity index (χ1n) is 5.56. The lowest BCUT2D eigenvalue weighted by molar-refractivity contribution is -0.154. The van der Waals surface area contributed by atoms with Crippen LogP contribution in [0.5, 0.6) is 5.75 Å². The van der Waals surface area contributed by atoms with Crippen LogP contribution in [0.25, 0.3) is 0 Å². The van der Waals surface area contributed by atoms with Crippen molar-refractivity contribution in [2.75, 3.05) is 14.2 Å². The van der Waals surface area contributed by atoms with Gasteiger partial charge in [-0.25, -0.2) is 14.6 Å². The minimum atomic E-state index is -1.63. The lowest BCUT2D eigenvalue weighted by Crippen LogP contribution is -2.40. The molecule has 0 aliphatic carbocycles. The first-order chi connectivity index (χ1) is 9.01. The predicted molar refractivity (Wildman–Crippen MR) is 66.0 cm³/mol. The van der Waals surface area contributed by atoms with Crippen LogP contribution in [0.3, 0.4) is 0 Å². The highest BCUT2D eigenvalue weighted by Gasteiger charge is 2.49. The fourth-order valence-electron chi connectivity index (χ4n) is 1.64. The van der Waals surface area contributed by atoms with Gasteiger partial charge in [0.05, 0.1) is 14.2 Å². The molecule has 1 aromatic rings. The maximum atomic E-state index is 11.7. The van der Waals surface area contributed by atoms with Gasteiger partial charge in [-0.2, -0.15) is 0 Å². The van der Waals surface area contributed by atoms with Crippen molar-refractivity contribution < 1.29 is 23.8 Å². The van der Waals surface area contributed by atoms with Crippen LogP contribution in [-0.4, -0.2) is 37.6 Å². The van der Waals surface area contributed by atoms with Crippen molar-refractivity contribution >= 4 is 17.8 Å². The molecule has 0 radical (unpaired) electrons. The summed E-state index contributed by atoms with van der Waals surface area (Å²) in [5, 5.41) is 0. The van der Waals surface area contributed by atoms with Crippen LogP contribution in [-0.2, 0) is 19.1 Å². The van der Waals surface area contributed by atoms with Gasteiger partial charge < -0.3 is 14.2 Å². The Kier molecular flexibility index (Phi) is 3.25. The molecule has 0 spiro atoms. The van der Waals surface area contributed by atoms with E-state index in [1.54, 1.807) is 31.4 Å². The van der Waals surface area contributed by atoms with Gasteiger partial charge in [-0.05, 0) is 31.2 Å². The van der Waals surface area contributed by atoms with Gasteiger partial charge >= 0.3 is 11.9 Å². The standard InChI is InChI=1S/C13H13NO5/c1-13(11(15)18-3)12(16)19-10(14-13)8-4-6-9(17-2)7-5-8/h4-7H,1-3H3/t13-/m1/s1. The molecule has 0 saturated carbocycles. The van der Waals surface area contributed by atoms with E-state index in [0.29, 0.717) is 11.3 Å². The van der Waals surface area contributed by atoms with Crippen molar-refractivity contribution in [1.29, 1.82) is 0 Å². The molecular formula is C13H13NO5. The maximum Gasteiger partial charge on any atom is 0.352 e. The molecule has 1 aromatic carbocycles. The molecule has 6 nitrogen and oxygen atoms in total. The van der Waals surface area contributed by atoms with Crippen LogP contribution in [0.1, 0.15) is 12.5 Å². The van der Waals surface area contributed by atoms with Crippen molar-refractivity contribution in [3.63, 3.8) is 0 Å². The Morgan fingerprint density at radius 3 is 2.42 bits per heavy atom. The second-order valence-corrected chi connectivity index (χ2v) is 4.10. The third kappa shape index (κ3) is 2.16. The van der Waals surface area contributed by atoms with E-state index in [1.807, 2.05) is 0 Å². The van der Waals surface area contributed by atoms with E-state index in [1.165, 1.54) is 14.0 Å². The number of carbonyl (C=O) groups excluding carboxylic acids is 2. The Balaban J connectivity index is 2.33. The molecular weight excluding hydrogens is 250 g/mol. The quantitative estimate of drug-likeness (QED) is 0.599. The monoisotopic (exact) mass is 263 g/mol. The van der Waals surface area contributed by atoms with Crippen LogP contribution in [0, 0.1) is 0 Å². The predicted octanol–water partition coefficient (Wildman–Crippen LogP) is 0.930. The third-order valence-corrected chi connectivity index (χ3v) is 2.83. The van der Waals surface area contributed by atoms with Crippen molar-refractivity contribution in [1.82, 2.24) is 0 Å². The van der Waals surface area contributed by atoms with Gasteiger partial charge in [-0.15, -0.1) is 0 Å². The van der Waals surface area contributed by atoms with Gasteiger partial charge in [0.1, 0.15) is 5.75 Å². The summed E-state index contributed by atoms with van der Waals surface area (Å²) in [5.74, 6) is -0.726. The molecule has 6 heteroatoms. The number of cyclic esters (lactones) is 1. The molecule has 1 aliphatic rings. The molecule has 0 unspecified atom stereocenters. The van der Waals surface area contributed by atoms with Gasteiger partial charge in [0, 0.05) is 5.56 Å². The van der Waals surface area contributed by atoms with E-state index in [9.17, 15) is 9.59 Å². The number of hydrogen-bond donors (Lipinski definition) is 0. The van der Waals surface area contributed by atoms with Crippen LogP contribution >= 0.6 is 0 Å². The average molecular weight is 263 g/mol. The second-order valence-electron chi connectivity index (χ2n) is 4.10. The number of benzene rings is 1. The Bertz CT molecular complexity index is 549. The highest BCUT2D eigenvalue weighted by Crippen LogP contribution is 2.25. The molecule has 0 saturated heterocycles. The zero-order chi connectivity index (χ0) is 14.0. The van der Waals surface area contributed by atoms with E-state index in [0.717, 1.165) is 0 Å². The molecule has 100 valence electrons. The summed E-state index contributed by atoms with van der Waals surface area (Å²) in [6.45, 7) is 1.36. The lowest BCUT2D eigenvalue weighted by atomic mass is 10.1. The molecule has 0 fully saturated rings. The maximum absolute atomic E-state index is 11.7. The Labute approximate surface area is 110 Å². The number of nitrogens with zero attached hydrogens (tertiary/aromatic N) is 1. The summed E-state index contributed by atoms with van der Waals surface area (Å²) < 4.78 is 14.6. The Morgan fingerprint density at radius 2 is 1.89 bits per heavy atom. The topological polar surface area (TPSA) is 74.2 Å². The summed E-state index contributed by atoms with van der Waals surface area (Å²) in [4.78, 5) is 27.3. The summed E-state index contributed by atoms with van der Waals surface area (Å²) in [6, 6.07) is 6.79. The number of aliphatic imine (C=N–C) groups is 1. The fraction of sp³-hybridized carbons (Fsp3) is 0.308. The molecule has 1 heterocycles. The Hall–Kier alpha value is -2.37. The van der Waals surface area contributed by atoms with Crippen molar-refractivity contribution in [2.45, 2.75) is 12.5 Å². The minimum absolute atomic E-state index is 0.0977. The van der Waals surface area contributed by atoms with E-state index in [2.05, 4.69) is 9.73 Å². The first kappa shape index (κ1) is 13.1. The zero-order valence-electron chi connectivity index (χ0n) is 10.8. The number of ether oxygens (including phenoxy) is 3. The van der Waals surface area contributed by atoms with Crippen molar-refractivity contribution in [3.05, 3.63) is 29.8 Å². The van der Waals surface area contributed by atoms with Gasteiger partial charge in [0.15, 0.2) is 0 Å². The summed E-state index contributed by atoms with van der Waals surface area (Å²) in [7, 11) is 2.75. The minimum Gasteiger partial charge on any atom is -0.497 e. The van der Waals surface area contributed by atoms with Crippen LogP contribution in [0.15, 0.2) is 29.3 Å². The summed E-state index contributed by atoms with van der Waals surface area (Å²) in [6.07, 6.45) is 0. The number of carbonyl (C=O) groups is 2. The van der Waals surface area contributed by atoms with E-state index >= 15 is 0 Å². The lowest BCUT2D eigenvalue weighted by Gasteiger charge is -2.11. The number of hydrogen-bond acceptors (Lipinski definition) is 6. The summed E-state index contributed by atoms with van der Waals surface area (Å²) in [5.41, 5.74) is -1.05. The van der Waals surface area contributed by atoms with E-state index in [-0.39, 0.29) is 5.90 Å². The highest BCUT2D eigenvalue weighted by molar-refractivity contribution is 6.16. The van der Waals surface area contributed by atoms with Crippen molar-refractivity contribution in [3.8, 4) is 5.75 Å². The molecule has 0 N–H and O–H groups in total. The van der Waals surface area contributed by atoms with Crippen LogP contribution in [0.2, 0.25) is 0 Å². The molecule has 0 aromatic heterocycles. The average Bonchev–Trinajstić information content (AvgIpc) is 2.75. The molecule has 0 bridgehead atoms. The zero-order valence-corrected chi connectivity index (χ0v) is 10.8. The van der Waals surface area contributed by atoms with Crippen LogP contribution in [0.4, 0.5) is 0 Å². The van der Waals surface area contributed by atoms with Gasteiger partial charge in [0.2, 0.25) is 5.90 Å². The van der Waals surface area contributed by atoms with Crippen LogP contribution < -0.4 is 4.74 Å². The van der Waals surface area contributed by atoms with E-state index in [4.69, 9.17) is 9.47 Å². The van der Waals surface area contributed by atoms with Gasteiger partial charge in [-0.1, -0.05) is 0 Å². The fourth-order valence-corrected chi connectivity index (χ4v) is 1.64. The number of esters is 2. The largest absolute Gasteiger partial charge is 0.497 e.